The van der Waals surface area contributed by atoms with Crippen molar-refractivity contribution in [3.05, 3.63) is 24.3 Å². The molecule has 2 heterocycles. The van der Waals surface area contributed by atoms with Gasteiger partial charge in [-0.3, -0.25) is 0 Å². The van der Waals surface area contributed by atoms with Gasteiger partial charge in [-0.15, -0.1) is 0 Å². The van der Waals surface area contributed by atoms with Gasteiger partial charge in [-0.25, -0.2) is 0 Å². The van der Waals surface area contributed by atoms with Gasteiger partial charge in [0.25, 0.3) is 0 Å². The van der Waals surface area contributed by atoms with Crippen molar-refractivity contribution in [2.45, 2.75) is 26.1 Å². The highest BCUT2D eigenvalue weighted by Gasteiger charge is 2.24. The van der Waals surface area contributed by atoms with Crippen molar-refractivity contribution in [1.29, 1.82) is 0 Å². The number of benzene rings is 1. The highest BCUT2D eigenvalue weighted by molar-refractivity contribution is 5.33. The molecule has 2 aliphatic rings. The molecule has 18 heavy (non-hydrogen) atoms. The third-order valence-electron chi connectivity index (χ3n) is 2.48. The van der Waals surface area contributed by atoms with E-state index in [0.717, 1.165) is 24.7 Å². The molecule has 2 unspecified atom stereocenters. The van der Waals surface area contributed by atoms with Gasteiger partial charge in [0.15, 0.2) is 0 Å². The summed E-state index contributed by atoms with van der Waals surface area (Å²) < 4.78 is 21.3. The lowest BCUT2D eigenvalue weighted by atomic mass is 10.3. The van der Waals surface area contributed by atoms with Crippen molar-refractivity contribution >= 4 is 0 Å². The standard InChI is InChI=1S/C12H14O4.C2H6/c1-2-9(13-5-11-7-15-11)4-10(3-1)14-6-12-8-16-12;1-2/h1-4,11-12H,5-8H2;1-2H3. The molecular weight excluding hydrogens is 232 g/mol. The number of hydrogen-bond donors (Lipinski definition) is 0. The molecular formula is C14H20O4. The molecule has 0 aromatic heterocycles. The molecule has 0 amide bonds. The van der Waals surface area contributed by atoms with E-state index in [2.05, 4.69) is 0 Å². The summed E-state index contributed by atoms with van der Waals surface area (Å²) in [4.78, 5) is 0. The van der Waals surface area contributed by atoms with E-state index in [-0.39, 0.29) is 12.2 Å². The number of epoxide rings is 2. The second-order valence-electron chi connectivity index (χ2n) is 4.01. The van der Waals surface area contributed by atoms with Crippen LogP contribution in [0.1, 0.15) is 13.8 Å². The molecule has 2 fully saturated rings. The fourth-order valence-electron chi connectivity index (χ4n) is 1.36. The zero-order valence-corrected chi connectivity index (χ0v) is 10.9. The highest BCUT2D eigenvalue weighted by atomic mass is 16.6. The molecule has 2 saturated heterocycles. The summed E-state index contributed by atoms with van der Waals surface area (Å²) in [5.74, 6) is 1.65. The van der Waals surface area contributed by atoms with Crippen molar-refractivity contribution < 1.29 is 18.9 Å². The van der Waals surface area contributed by atoms with Crippen LogP contribution in [0, 0.1) is 0 Å². The molecule has 4 heteroatoms. The van der Waals surface area contributed by atoms with E-state index in [1.807, 2.05) is 38.1 Å². The van der Waals surface area contributed by atoms with E-state index < -0.39 is 0 Å². The lowest BCUT2D eigenvalue weighted by Gasteiger charge is -2.07. The summed E-state index contributed by atoms with van der Waals surface area (Å²) in [6.45, 7) is 6.87. The minimum Gasteiger partial charge on any atom is -0.491 e. The maximum Gasteiger partial charge on any atom is 0.123 e. The second kappa shape index (κ2) is 6.61. The van der Waals surface area contributed by atoms with Crippen LogP contribution in [0.2, 0.25) is 0 Å². The molecule has 0 spiro atoms. The van der Waals surface area contributed by atoms with Gasteiger partial charge in [0.1, 0.15) is 36.9 Å². The van der Waals surface area contributed by atoms with Crippen LogP contribution in [-0.4, -0.2) is 38.6 Å². The molecule has 0 N–H and O–H groups in total. The van der Waals surface area contributed by atoms with Crippen molar-refractivity contribution in [2.75, 3.05) is 26.4 Å². The molecule has 3 rings (SSSR count). The van der Waals surface area contributed by atoms with E-state index >= 15 is 0 Å². The van der Waals surface area contributed by atoms with Crippen LogP contribution in [0.25, 0.3) is 0 Å². The van der Waals surface area contributed by atoms with Crippen LogP contribution in [0.3, 0.4) is 0 Å². The zero-order chi connectivity index (χ0) is 12.8. The third kappa shape index (κ3) is 4.55. The quantitative estimate of drug-likeness (QED) is 0.728. The average Bonchev–Trinajstić information content (AvgIpc) is 3.31. The topological polar surface area (TPSA) is 43.5 Å². The number of hydrogen-bond acceptors (Lipinski definition) is 4. The molecule has 0 saturated carbocycles. The Balaban J connectivity index is 0.000000574. The van der Waals surface area contributed by atoms with Gasteiger partial charge in [0.05, 0.1) is 13.2 Å². The molecule has 4 nitrogen and oxygen atoms in total. The molecule has 0 aliphatic carbocycles. The predicted molar refractivity (Wildman–Crippen MR) is 68.3 cm³/mol. The molecule has 0 bridgehead atoms. The lowest BCUT2D eigenvalue weighted by molar-refractivity contribution is 0.252. The van der Waals surface area contributed by atoms with E-state index in [1.165, 1.54) is 0 Å². The van der Waals surface area contributed by atoms with Crippen LogP contribution in [0.5, 0.6) is 11.5 Å². The maximum absolute atomic E-state index is 5.56. The molecule has 0 radical (unpaired) electrons. The molecule has 2 atom stereocenters. The molecule has 1 aromatic rings. The van der Waals surface area contributed by atoms with Gasteiger partial charge in [-0.1, -0.05) is 19.9 Å². The smallest absolute Gasteiger partial charge is 0.123 e. The summed E-state index contributed by atoms with van der Waals surface area (Å²) in [5.41, 5.74) is 0. The molecule has 1 aromatic carbocycles. The Morgan fingerprint density at radius 3 is 1.83 bits per heavy atom. The number of rotatable bonds is 6. The number of ether oxygens (including phenoxy) is 4. The largest absolute Gasteiger partial charge is 0.491 e. The summed E-state index contributed by atoms with van der Waals surface area (Å²) in [5, 5.41) is 0. The second-order valence-corrected chi connectivity index (χ2v) is 4.01. The normalized spacial score (nSPS) is 23.7. The SMILES string of the molecule is CC.c1cc(OCC2CO2)cc(OCC2CO2)c1. The van der Waals surface area contributed by atoms with Crippen LogP contribution in [0.15, 0.2) is 24.3 Å². The first-order valence-corrected chi connectivity index (χ1v) is 6.49. The fraction of sp³-hybridized carbons (Fsp3) is 0.571. The minimum atomic E-state index is 0.282. The Kier molecular flexibility index (Phi) is 4.84. The Morgan fingerprint density at radius 1 is 1.00 bits per heavy atom. The van der Waals surface area contributed by atoms with E-state index in [1.54, 1.807) is 0 Å². The Morgan fingerprint density at radius 2 is 1.44 bits per heavy atom. The Labute approximate surface area is 108 Å². The fourth-order valence-corrected chi connectivity index (χ4v) is 1.36. The summed E-state index contributed by atoms with van der Waals surface area (Å²) >= 11 is 0. The van der Waals surface area contributed by atoms with E-state index in [9.17, 15) is 0 Å². The van der Waals surface area contributed by atoms with Crippen molar-refractivity contribution in [1.82, 2.24) is 0 Å². The average molecular weight is 252 g/mol. The van der Waals surface area contributed by atoms with Gasteiger partial charge >= 0.3 is 0 Å². The summed E-state index contributed by atoms with van der Waals surface area (Å²) in [6, 6.07) is 7.66. The predicted octanol–water partition coefficient (Wildman–Crippen LogP) is 2.27. The van der Waals surface area contributed by atoms with Gasteiger partial charge in [-0.2, -0.15) is 0 Å². The Bertz CT molecular complexity index is 327. The minimum absolute atomic E-state index is 0.282. The van der Waals surface area contributed by atoms with Crippen molar-refractivity contribution in [3.8, 4) is 11.5 Å². The summed E-state index contributed by atoms with van der Waals surface area (Å²) in [7, 11) is 0. The first-order chi connectivity index (χ1) is 8.90. The van der Waals surface area contributed by atoms with Gasteiger partial charge in [0.2, 0.25) is 0 Å². The maximum atomic E-state index is 5.56. The van der Waals surface area contributed by atoms with Crippen molar-refractivity contribution in [2.24, 2.45) is 0 Å². The Hall–Kier alpha value is -1.26. The van der Waals surface area contributed by atoms with Gasteiger partial charge in [0, 0.05) is 6.07 Å². The molecule has 2 aliphatic heterocycles. The summed E-state index contributed by atoms with van der Waals surface area (Å²) in [6.07, 6.45) is 0.564. The zero-order valence-electron chi connectivity index (χ0n) is 10.9. The highest BCUT2D eigenvalue weighted by Crippen LogP contribution is 2.22. The van der Waals surface area contributed by atoms with Crippen LogP contribution in [0.4, 0.5) is 0 Å². The van der Waals surface area contributed by atoms with Gasteiger partial charge < -0.3 is 18.9 Å². The van der Waals surface area contributed by atoms with Crippen LogP contribution < -0.4 is 9.47 Å². The lowest BCUT2D eigenvalue weighted by Crippen LogP contribution is -2.06. The first-order valence-electron chi connectivity index (χ1n) is 6.49. The van der Waals surface area contributed by atoms with Crippen LogP contribution in [-0.2, 0) is 9.47 Å². The van der Waals surface area contributed by atoms with Crippen molar-refractivity contribution in [3.63, 3.8) is 0 Å². The van der Waals surface area contributed by atoms with Gasteiger partial charge in [-0.05, 0) is 12.1 Å². The van der Waals surface area contributed by atoms with Crippen LogP contribution >= 0.6 is 0 Å². The first kappa shape index (κ1) is 13.2. The third-order valence-corrected chi connectivity index (χ3v) is 2.48. The van der Waals surface area contributed by atoms with E-state index in [0.29, 0.717) is 13.2 Å². The molecule has 100 valence electrons. The van der Waals surface area contributed by atoms with E-state index in [4.69, 9.17) is 18.9 Å². The monoisotopic (exact) mass is 252 g/mol.